The Morgan fingerprint density at radius 3 is 2.93 bits per heavy atom. The summed E-state index contributed by atoms with van der Waals surface area (Å²) < 4.78 is 0. The van der Waals surface area contributed by atoms with E-state index in [1.807, 2.05) is 6.92 Å². The van der Waals surface area contributed by atoms with Gasteiger partial charge in [-0.2, -0.15) is 0 Å². The van der Waals surface area contributed by atoms with Crippen LogP contribution in [0, 0.1) is 12.8 Å². The third-order valence-electron chi connectivity index (χ3n) is 3.13. The number of anilines is 1. The first kappa shape index (κ1) is 10.7. The SMILES string of the molecule is Cc1cnc(Cl)nc1NC1CCCC1C. The summed E-state index contributed by atoms with van der Waals surface area (Å²) in [6, 6.07) is 0.537. The molecule has 15 heavy (non-hydrogen) atoms. The van der Waals surface area contributed by atoms with Crippen LogP contribution in [0.15, 0.2) is 6.20 Å². The minimum Gasteiger partial charge on any atom is -0.367 e. The average Bonchev–Trinajstić information content (AvgIpc) is 2.58. The molecule has 4 heteroatoms. The quantitative estimate of drug-likeness (QED) is 0.787. The molecule has 1 fully saturated rings. The molecule has 1 aliphatic rings. The van der Waals surface area contributed by atoms with Crippen LogP contribution >= 0.6 is 11.6 Å². The molecular weight excluding hydrogens is 210 g/mol. The van der Waals surface area contributed by atoms with Crippen LogP contribution < -0.4 is 5.32 Å². The van der Waals surface area contributed by atoms with E-state index in [9.17, 15) is 0 Å². The van der Waals surface area contributed by atoms with Crippen LogP contribution in [0.5, 0.6) is 0 Å². The smallest absolute Gasteiger partial charge is 0.224 e. The fraction of sp³-hybridized carbons (Fsp3) is 0.636. The van der Waals surface area contributed by atoms with Crippen molar-refractivity contribution in [3.8, 4) is 0 Å². The molecule has 0 saturated heterocycles. The largest absolute Gasteiger partial charge is 0.367 e. The van der Waals surface area contributed by atoms with Gasteiger partial charge in [0.2, 0.25) is 5.28 Å². The third-order valence-corrected chi connectivity index (χ3v) is 3.31. The molecule has 2 unspecified atom stereocenters. The summed E-state index contributed by atoms with van der Waals surface area (Å²) in [5, 5.41) is 3.78. The van der Waals surface area contributed by atoms with Crippen LogP contribution in [0.2, 0.25) is 5.28 Å². The molecule has 1 N–H and O–H groups in total. The standard InChI is InChI=1S/C11H16ClN3/c1-7-4-3-5-9(7)14-10-8(2)6-13-11(12)15-10/h6-7,9H,3-5H2,1-2H3,(H,13,14,15). The summed E-state index contributed by atoms with van der Waals surface area (Å²) in [6.07, 6.45) is 5.59. The van der Waals surface area contributed by atoms with Gasteiger partial charge < -0.3 is 5.32 Å². The summed E-state index contributed by atoms with van der Waals surface area (Å²) in [7, 11) is 0. The first-order valence-corrected chi connectivity index (χ1v) is 5.80. The number of hydrogen-bond acceptors (Lipinski definition) is 3. The summed E-state index contributed by atoms with van der Waals surface area (Å²) in [5.41, 5.74) is 1.05. The Labute approximate surface area is 95.3 Å². The van der Waals surface area contributed by atoms with E-state index in [2.05, 4.69) is 22.2 Å². The second-order valence-corrected chi connectivity index (χ2v) is 4.67. The fourth-order valence-corrected chi connectivity index (χ4v) is 2.24. The highest BCUT2D eigenvalue weighted by Gasteiger charge is 2.23. The number of nitrogens with one attached hydrogen (secondary N) is 1. The first-order valence-electron chi connectivity index (χ1n) is 5.42. The summed E-state index contributed by atoms with van der Waals surface area (Å²) in [5.74, 6) is 1.60. The number of rotatable bonds is 2. The minimum absolute atomic E-state index is 0.314. The molecule has 0 aliphatic heterocycles. The summed E-state index contributed by atoms with van der Waals surface area (Å²) in [4.78, 5) is 8.16. The van der Waals surface area contributed by atoms with Crippen molar-refractivity contribution in [1.29, 1.82) is 0 Å². The van der Waals surface area contributed by atoms with Gasteiger partial charge in [-0.1, -0.05) is 13.3 Å². The number of hydrogen-bond donors (Lipinski definition) is 1. The second kappa shape index (κ2) is 4.35. The molecule has 0 amide bonds. The molecular formula is C11H16ClN3. The maximum absolute atomic E-state index is 5.78. The maximum atomic E-state index is 5.78. The Morgan fingerprint density at radius 1 is 1.47 bits per heavy atom. The first-order chi connectivity index (χ1) is 7.16. The van der Waals surface area contributed by atoms with Crippen molar-refractivity contribution in [2.45, 2.75) is 39.2 Å². The number of halogens is 1. The van der Waals surface area contributed by atoms with Gasteiger partial charge in [0.05, 0.1) is 0 Å². The predicted molar refractivity (Wildman–Crippen MR) is 62.2 cm³/mol. The molecule has 2 rings (SSSR count). The van der Waals surface area contributed by atoms with Crippen molar-refractivity contribution in [2.75, 3.05) is 5.32 Å². The molecule has 3 nitrogen and oxygen atoms in total. The molecule has 82 valence electrons. The molecule has 0 spiro atoms. The molecule has 1 aromatic heterocycles. The molecule has 1 aliphatic carbocycles. The topological polar surface area (TPSA) is 37.8 Å². The second-order valence-electron chi connectivity index (χ2n) is 4.33. The van der Waals surface area contributed by atoms with Gasteiger partial charge in [-0.15, -0.1) is 0 Å². The van der Waals surface area contributed by atoms with Gasteiger partial charge in [0.25, 0.3) is 0 Å². The van der Waals surface area contributed by atoms with Crippen LogP contribution in [0.1, 0.15) is 31.7 Å². The average molecular weight is 226 g/mol. The van der Waals surface area contributed by atoms with Crippen LogP contribution in [-0.2, 0) is 0 Å². The van der Waals surface area contributed by atoms with Crippen molar-refractivity contribution < 1.29 is 0 Å². The molecule has 1 saturated carbocycles. The Balaban J connectivity index is 2.12. The molecule has 0 radical (unpaired) electrons. The van der Waals surface area contributed by atoms with Crippen molar-refractivity contribution in [2.24, 2.45) is 5.92 Å². The van der Waals surface area contributed by atoms with E-state index < -0.39 is 0 Å². The monoisotopic (exact) mass is 225 g/mol. The van der Waals surface area contributed by atoms with Crippen molar-refractivity contribution in [1.82, 2.24) is 9.97 Å². The Bertz CT molecular complexity index is 354. The molecule has 0 aromatic carbocycles. The van der Waals surface area contributed by atoms with E-state index in [1.165, 1.54) is 19.3 Å². The number of aryl methyl sites for hydroxylation is 1. The summed E-state index contributed by atoms with van der Waals surface area (Å²) in [6.45, 7) is 4.28. The lowest BCUT2D eigenvalue weighted by molar-refractivity contribution is 0.554. The van der Waals surface area contributed by atoms with E-state index in [4.69, 9.17) is 11.6 Å². The molecule has 0 bridgehead atoms. The lowest BCUT2D eigenvalue weighted by Gasteiger charge is -2.18. The Kier molecular flexibility index (Phi) is 3.10. The van der Waals surface area contributed by atoms with E-state index >= 15 is 0 Å². The van der Waals surface area contributed by atoms with Gasteiger partial charge in [0.1, 0.15) is 5.82 Å². The lowest BCUT2D eigenvalue weighted by atomic mass is 10.1. The van der Waals surface area contributed by atoms with Crippen LogP contribution in [0.25, 0.3) is 0 Å². The third kappa shape index (κ3) is 2.40. The van der Waals surface area contributed by atoms with Crippen molar-refractivity contribution >= 4 is 17.4 Å². The zero-order chi connectivity index (χ0) is 10.8. The van der Waals surface area contributed by atoms with Gasteiger partial charge in [-0.3, -0.25) is 0 Å². The van der Waals surface area contributed by atoms with Gasteiger partial charge in [-0.05, 0) is 37.3 Å². The molecule has 1 aromatic rings. The van der Waals surface area contributed by atoms with Crippen LogP contribution in [0.3, 0.4) is 0 Å². The van der Waals surface area contributed by atoms with E-state index in [1.54, 1.807) is 6.20 Å². The van der Waals surface area contributed by atoms with E-state index in [0.29, 0.717) is 11.3 Å². The maximum Gasteiger partial charge on any atom is 0.224 e. The van der Waals surface area contributed by atoms with Gasteiger partial charge in [0, 0.05) is 17.8 Å². The van der Waals surface area contributed by atoms with Crippen molar-refractivity contribution in [3.63, 3.8) is 0 Å². The van der Waals surface area contributed by atoms with E-state index in [0.717, 1.165) is 17.3 Å². The highest BCUT2D eigenvalue weighted by atomic mass is 35.5. The van der Waals surface area contributed by atoms with Crippen LogP contribution in [0.4, 0.5) is 5.82 Å². The van der Waals surface area contributed by atoms with Gasteiger partial charge in [0.15, 0.2) is 0 Å². The molecule has 2 atom stereocenters. The van der Waals surface area contributed by atoms with Crippen molar-refractivity contribution in [3.05, 3.63) is 17.0 Å². The highest BCUT2D eigenvalue weighted by molar-refractivity contribution is 6.28. The van der Waals surface area contributed by atoms with Crippen LogP contribution in [-0.4, -0.2) is 16.0 Å². The minimum atomic E-state index is 0.314. The predicted octanol–water partition coefficient (Wildman–Crippen LogP) is 3.04. The van der Waals surface area contributed by atoms with E-state index in [-0.39, 0.29) is 0 Å². The summed E-state index contributed by atoms with van der Waals surface area (Å²) >= 11 is 5.78. The Morgan fingerprint density at radius 2 is 2.27 bits per heavy atom. The zero-order valence-corrected chi connectivity index (χ0v) is 9.88. The highest BCUT2D eigenvalue weighted by Crippen LogP contribution is 2.28. The zero-order valence-electron chi connectivity index (χ0n) is 9.13. The normalized spacial score (nSPS) is 25.5. The van der Waals surface area contributed by atoms with Gasteiger partial charge in [-0.25, -0.2) is 9.97 Å². The number of nitrogens with zero attached hydrogens (tertiary/aromatic N) is 2. The number of aromatic nitrogens is 2. The Hall–Kier alpha value is -0.830. The molecule has 1 heterocycles. The fourth-order valence-electron chi connectivity index (χ4n) is 2.10. The van der Waals surface area contributed by atoms with Gasteiger partial charge >= 0.3 is 0 Å². The lowest BCUT2D eigenvalue weighted by Crippen LogP contribution is -2.23.